The van der Waals surface area contributed by atoms with Crippen LogP contribution in [0, 0.1) is 5.92 Å². The summed E-state index contributed by atoms with van der Waals surface area (Å²) in [6.45, 7) is 5.41. The lowest BCUT2D eigenvalue weighted by Gasteiger charge is -2.33. The van der Waals surface area contributed by atoms with Crippen LogP contribution in [0.5, 0.6) is 0 Å². The Morgan fingerprint density at radius 3 is 2.43 bits per heavy atom. The van der Waals surface area contributed by atoms with E-state index in [4.69, 9.17) is 14.9 Å². The molecule has 2 fully saturated rings. The molecule has 21 heavy (non-hydrogen) atoms. The maximum absolute atomic E-state index is 11.1. The molecule has 0 saturated carbocycles. The van der Waals surface area contributed by atoms with Crippen LogP contribution in [0.1, 0.15) is 33.6 Å². The number of carboxylic acids is 1. The molecule has 0 aromatic heterocycles. The highest BCUT2D eigenvalue weighted by Gasteiger charge is 2.53. The number of carbonyl (C=O) groups is 3. The molecule has 2 aliphatic rings. The van der Waals surface area contributed by atoms with E-state index < -0.39 is 18.2 Å². The van der Waals surface area contributed by atoms with Crippen LogP contribution in [0.15, 0.2) is 11.8 Å². The van der Waals surface area contributed by atoms with E-state index in [9.17, 15) is 14.4 Å². The number of carbonyl (C=O) groups excluding carboxylic acids is 2. The maximum Gasteiger partial charge on any atom is 0.334 e. The number of amides is 1. The van der Waals surface area contributed by atoms with Gasteiger partial charge in [-0.25, -0.2) is 4.79 Å². The van der Waals surface area contributed by atoms with Crippen LogP contribution in [0.3, 0.4) is 0 Å². The van der Waals surface area contributed by atoms with Crippen molar-refractivity contribution < 1.29 is 29.3 Å². The number of ketones is 1. The summed E-state index contributed by atoms with van der Waals surface area (Å²) in [5.41, 5.74) is 0. The minimum absolute atomic E-state index is 0.149. The van der Waals surface area contributed by atoms with Gasteiger partial charge < -0.3 is 19.7 Å². The third kappa shape index (κ3) is 4.29. The van der Waals surface area contributed by atoms with E-state index in [-0.39, 0.29) is 30.5 Å². The molecule has 0 radical (unpaired) electrons. The Balaban J connectivity index is 0.000000270. The van der Waals surface area contributed by atoms with E-state index in [0.717, 1.165) is 6.42 Å². The molecule has 2 N–H and O–H groups in total. The number of nitrogens with zero attached hydrogens (tertiary/aromatic N) is 1. The highest BCUT2D eigenvalue weighted by molar-refractivity contribution is 5.91. The zero-order valence-corrected chi connectivity index (χ0v) is 12.4. The quantitative estimate of drug-likeness (QED) is 0.734. The predicted molar refractivity (Wildman–Crippen MR) is 73.1 cm³/mol. The van der Waals surface area contributed by atoms with Gasteiger partial charge in [-0.3, -0.25) is 9.69 Å². The lowest BCUT2D eigenvalue weighted by Crippen LogP contribution is -2.54. The predicted octanol–water partition coefficient (Wildman–Crippen LogP) is 0.526. The molecule has 2 atom stereocenters. The first-order valence-electron chi connectivity index (χ1n) is 6.78. The Morgan fingerprint density at radius 1 is 1.48 bits per heavy atom. The van der Waals surface area contributed by atoms with Crippen molar-refractivity contribution in [3.8, 4) is 0 Å². The average molecular weight is 299 g/mol. The van der Waals surface area contributed by atoms with Crippen LogP contribution < -0.4 is 0 Å². The lowest BCUT2D eigenvalue weighted by atomic mass is 10.1. The van der Waals surface area contributed by atoms with Crippen LogP contribution in [-0.2, 0) is 19.1 Å². The molecular formula is C14H21NO6. The van der Waals surface area contributed by atoms with Crippen molar-refractivity contribution in [2.45, 2.75) is 45.9 Å². The van der Waals surface area contributed by atoms with Gasteiger partial charge in [0.05, 0.1) is 13.0 Å². The molecule has 0 aromatic rings. The number of aliphatic hydroxyl groups excluding tert-OH is 1. The second-order valence-corrected chi connectivity index (χ2v) is 5.41. The Bertz CT molecular complexity index is 456. The fourth-order valence-electron chi connectivity index (χ4n) is 2.23. The van der Waals surface area contributed by atoms with Crippen molar-refractivity contribution in [2.24, 2.45) is 5.92 Å². The first kappa shape index (κ1) is 17.2. The molecule has 118 valence electrons. The molecule has 2 saturated heterocycles. The number of fused-ring (bicyclic) bond motifs is 1. The number of aliphatic carboxylic acids is 1. The fraction of sp³-hybridized carbons (Fsp3) is 0.643. The van der Waals surface area contributed by atoms with Gasteiger partial charge in [-0.05, 0) is 18.9 Å². The molecule has 0 aliphatic carbocycles. The Kier molecular flexibility index (Phi) is 5.90. The number of β-lactam (4-membered cyclic amide) rings is 1. The van der Waals surface area contributed by atoms with Gasteiger partial charge in [0.2, 0.25) is 5.91 Å². The summed E-state index contributed by atoms with van der Waals surface area (Å²) in [6, 6.07) is -1.06. The van der Waals surface area contributed by atoms with Crippen LogP contribution in [0.25, 0.3) is 0 Å². The first-order chi connectivity index (χ1) is 9.77. The van der Waals surface area contributed by atoms with Crippen molar-refractivity contribution >= 4 is 17.7 Å². The van der Waals surface area contributed by atoms with Crippen molar-refractivity contribution in [3.05, 3.63) is 11.8 Å². The van der Waals surface area contributed by atoms with Crippen LogP contribution >= 0.6 is 0 Å². The number of rotatable bonds is 4. The number of hydrogen-bond donors (Lipinski definition) is 2. The van der Waals surface area contributed by atoms with Crippen molar-refractivity contribution in [2.75, 3.05) is 6.61 Å². The molecule has 7 nitrogen and oxygen atoms in total. The zero-order valence-electron chi connectivity index (χ0n) is 12.4. The second-order valence-electron chi connectivity index (χ2n) is 5.41. The molecule has 0 spiro atoms. The van der Waals surface area contributed by atoms with E-state index in [1.807, 2.05) is 13.8 Å². The minimum Gasteiger partial charge on any atom is -0.479 e. The topological polar surface area (TPSA) is 104 Å². The molecule has 7 heteroatoms. The number of ether oxygens (including phenoxy) is 1. The largest absolute Gasteiger partial charge is 0.479 e. The van der Waals surface area contributed by atoms with Gasteiger partial charge in [0, 0.05) is 6.42 Å². The van der Waals surface area contributed by atoms with Gasteiger partial charge in [-0.2, -0.15) is 0 Å². The zero-order chi connectivity index (χ0) is 16.2. The summed E-state index contributed by atoms with van der Waals surface area (Å²) < 4.78 is 5.17. The SMILES string of the molecule is CC(=O)CC(C)C.O=C(O)[C@H]1/C(=C/CO)O[C@@H]2CC(=O)N21. The molecule has 2 aliphatic heterocycles. The third-order valence-corrected chi connectivity index (χ3v) is 2.99. The van der Waals surface area contributed by atoms with E-state index in [2.05, 4.69) is 0 Å². The summed E-state index contributed by atoms with van der Waals surface area (Å²) in [5, 5.41) is 17.5. The maximum atomic E-state index is 11.1. The normalized spacial score (nSPS) is 24.9. The van der Waals surface area contributed by atoms with Gasteiger partial charge in [0.1, 0.15) is 11.5 Å². The molecule has 2 rings (SSSR count). The molecule has 0 aromatic carbocycles. The van der Waals surface area contributed by atoms with Crippen molar-refractivity contribution in [1.29, 1.82) is 0 Å². The summed E-state index contributed by atoms with van der Waals surface area (Å²) in [6.07, 6.45) is 1.75. The lowest BCUT2D eigenvalue weighted by molar-refractivity contribution is -0.163. The Labute approximate surface area is 123 Å². The monoisotopic (exact) mass is 299 g/mol. The molecular weight excluding hydrogens is 278 g/mol. The van der Waals surface area contributed by atoms with Gasteiger partial charge in [0.15, 0.2) is 12.3 Å². The van der Waals surface area contributed by atoms with Crippen molar-refractivity contribution in [3.63, 3.8) is 0 Å². The summed E-state index contributed by atoms with van der Waals surface area (Å²) in [5.74, 6) is -0.410. The minimum atomic E-state index is -1.14. The van der Waals surface area contributed by atoms with Gasteiger partial charge in [-0.1, -0.05) is 13.8 Å². The molecule has 0 bridgehead atoms. The van der Waals surface area contributed by atoms with Gasteiger partial charge in [-0.15, -0.1) is 0 Å². The Morgan fingerprint density at radius 2 is 2.10 bits per heavy atom. The smallest absolute Gasteiger partial charge is 0.334 e. The van der Waals surface area contributed by atoms with Crippen LogP contribution in [0.4, 0.5) is 0 Å². The van der Waals surface area contributed by atoms with Crippen molar-refractivity contribution in [1.82, 2.24) is 4.90 Å². The number of carboxylic acid groups (broad SMARTS) is 1. The van der Waals surface area contributed by atoms with E-state index >= 15 is 0 Å². The van der Waals surface area contributed by atoms with Gasteiger partial charge in [0.25, 0.3) is 0 Å². The van der Waals surface area contributed by atoms with E-state index in [0.29, 0.717) is 5.92 Å². The second kappa shape index (κ2) is 7.21. The Hall–Kier alpha value is -1.89. The number of aliphatic hydroxyl groups is 1. The van der Waals surface area contributed by atoms with Gasteiger partial charge >= 0.3 is 5.97 Å². The third-order valence-electron chi connectivity index (χ3n) is 2.99. The van der Waals surface area contributed by atoms with E-state index in [1.54, 1.807) is 6.92 Å². The number of hydrogen-bond acceptors (Lipinski definition) is 5. The molecule has 0 unspecified atom stereocenters. The van der Waals surface area contributed by atoms with Crippen LogP contribution in [-0.4, -0.2) is 51.6 Å². The highest BCUT2D eigenvalue weighted by Crippen LogP contribution is 2.36. The summed E-state index contributed by atoms with van der Waals surface area (Å²) in [4.78, 5) is 33.3. The molecule has 2 heterocycles. The number of Topliss-reactive ketones (excluding diaryl/α,β-unsaturated/α-hetero) is 1. The summed E-state index contributed by atoms with van der Waals surface area (Å²) >= 11 is 0. The standard InChI is InChI=1S/C8H9NO5.C6H12O/c10-2-1-4-7(8(12)13)9-5(11)3-6(9)14-4;1-5(2)4-6(3)7/h1,6-7,10H,2-3H2,(H,12,13);5H,4H2,1-3H3/b4-1-;/t6-,7-;/m1./s1. The van der Waals surface area contributed by atoms with E-state index in [1.165, 1.54) is 11.0 Å². The average Bonchev–Trinajstić information content (AvgIpc) is 2.61. The van der Waals surface area contributed by atoms with Crippen LogP contribution in [0.2, 0.25) is 0 Å². The summed E-state index contributed by atoms with van der Waals surface area (Å²) in [7, 11) is 0. The first-order valence-corrected chi connectivity index (χ1v) is 6.78. The molecule has 1 amide bonds. The highest BCUT2D eigenvalue weighted by atomic mass is 16.5. The fourth-order valence-corrected chi connectivity index (χ4v) is 2.23.